The van der Waals surface area contributed by atoms with Crippen LogP contribution in [0.5, 0.6) is 0 Å². The molecule has 1 aromatic carbocycles. The fourth-order valence-electron chi connectivity index (χ4n) is 3.18. The molecule has 0 N–H and O–H groups in total. The monoisotopic (exact) mass is 283 g/mol. The number of aryl methyl sites for hydroxylation is 2. The van der Waals surface area contributed by atoms with Crippen LogP contribution in [0.15, 0.2) is 36.7 Å². The summed E-state index contributed by atoms with van der Waals surface area (Å²) in [6.07, 6.45) is 6.91. The SMILES string of the molecule is CN(Cc1cnn(C)c1)C(=O)C1CCCc2ccccc21. The van der Waals surface area contributed by atoms with Crippen LogP contribution in [0.1, 0.15) is 35.4 Å². The van der Waals surface area contributed by atoms with Crippen molar-refractivity contribution in [3.8, 4) is 0 Å². The summed E-state index contributed by atoms with van der Waals surface area (Å²) in [6, 6.07) is 8.35. The Labute approximate surface area is 125 Å². The van der Waals surface area contributed by atoms with Crippen molar-refractivity contribution in [1.29, 1.82) is 0 Å². The van der Waals surface area contributed by atoms with E-state index in [1.807, 2.05) is 37.5 Å². The Kier molecular flexibility index (Phi) is 3.78. The lowest BCUT2D eigenvalue weighted by Gasteiger charge is -2.28. The summed E-state index contributed by atoms with van der Waals surface area (Å²) in [5.74, 6) is 0.225. The summed E-state index contributed by atoms with van der Waals surface area (Å²) in [5, 5.41) is 4.16. The number of fused-ring (bicyclic) bond motifs is 1. The van der Waals surface area contributed by atoms with E-state index in [9.17, 15) is 4.79 Å². The van der Waals surface area contributed by atoms with E-state index in [0.29, 0.717) is 6.54 Å². The van der Waals surface area contributed by atoms with Gasteiger partial charge in [-0.25, -0.2) is 0 Å². The summed E-state index contributed by atoms with van der Waals surface area (Å²) in [4.78, 5) is 14.6. The molecule has 1 unspecified atom stereocenters. The summed E-state index contributed by atoms with van der Waals surface area (Å²) < 4.78 is 1.77. The number of likely N-dealkylation sites (N-methyl/N-ethyl adjacent to an activating group) is 1. The number of hydrogen-bond donors (Lipinski definition) is 0. The van der Waals surface area contributed by atoms with Crippen LogP contribution < -0.4 is 0 Å². The van der Waals surface area contributed by atoms with Gasteiger partial charge < -0.3 is 4.90 Å². The smallest absolute Gasteiger partial charge is 0.230 e. The Bertz CT molecular complexity index is 647. The maximum Gasteiger partial charge on any atom is 0.230 e. The average molecular weight is 283 g/mol. The van der Waals surface area contributed by atoms with Crippen molar-refractivity contribution in [3.05, 3.63) is 53.3 Å². The summed E-state index contributed by atoms with van der Waals surface area (Å²) in [5.41, 5.74) is 3.61. The van der Waals surface area contributed by atoms with E-state index in [0.717, 1.165) is 24.8 Å². The van der Waals surface area contributed by atoms with Crippen LogP contribution in [0, 0.1) is 0 Å². The molecular weight excluding hydrogens is 262 g/mol. The Morgan fingerprint density at radius 3 is 3.00 bits per heavy atom. The first-order chi connectivity index (χ1) is 10.1. The summed E-state index contributed by atoms with van der Waals surface area (Å²) >= 11 is 0. The standard InChI is InChI=1S/C17H21N3O/c1-19(11-13-10-18-20(2)12-13)17(21)16-9-5-7-14-6-3-4-8-15(14)16/h3-4,6,8,10,12,16H,5,7,9,11H2,1-2H3. The molecule has 1 aromatic heterocycles. The van der Waals surface area contributed by atoms with Crippen LogP contribution in [0.2, 0.25) is 0 Å². The molecule has 0 saturated heterocycles. The van der Waals surface area contributed by atoms with E-state index >= 15 is 0 Å². The highest BCUT2D eigenvalue weighted by Crippen LogP contribution is 2.32. The number of amides is 1. The second-order valence-corrected chi connectivity index (χ2v) is 5.86. The number of nitrogens with zero attached hydrogens (tertiary/aromatic N) is 3. The molecule has 3 rings (SSSR count). The van der Waals surface area contributed by atoms with Gasteiger partial charge in [0.1, 0.15) is 0 Å². The third-order valence-electron chi connectivity index (χ3n) is 4.22. The van der Waals surface area contributed by atoms with Crippen LogP contribution in [-0.2, 0) is 24.8 Å². The van der Waals surface area contributed by atoms with Gasteiger partial charge in [-0.15, -0.1) is 0 Å². The third kappa shape index (κ3) is 2.84. The molecule has 21 heavy (non-hydrogen) atoms. The Balaban J connectivity index is 1.76. The lowest BCUT2D eigenvalue weighted by molar-refractivity contribution is -0.132. The highest BCUT2D eigenvalue weighted by atomic mass is 16.2. The first kappa shape index (κ1) is 13.9. The molecule has 0 fully saturated rings. The van der Waals surface area contributed by atoms with Crippen molar-refractivity contribution in [2.45, 2.75) is 31.7 Å². The predicted octanol–water partition coefficient (Wildman–Crippen LogP) is 2.50. The van der Waals surface area contributed by atoms with Crippen molar-refractivity contribution < 1.29 is 4.79 Å². The maximum atomic E-state index is 12.8. The van der Waals surface area contributed by atoms with Gasteiger partial charge in [-0.3, -0.25) is 9.48 Å². The van der Waals surface area contributed by atoms with Crippen molar-refractivity contribution in [3.63, 3.8) is 0 Å². The van der Waals surface area contributed by atoms with Gasteiger partial charge in [0.2, 0.25) is 5.91 Å². The Hall–Kier alpha value is -2.10. The van der Waals surface area contributed by atoms with E-state index in [4.69, 9.17) is 0 Å². The Morgan fingerprint density at radius 2 is 2.24 bits per heavy atom. The van der Waals surface area contributed by atoms with Crippen LogP contribution in [0.4, 0.5) is 0 Å². The quantitative estimate of drug-likeness (QED) is 0.868. The largest absolute Gasteiger partial charge is 0.341 e. The molecule has 4 heteroatoms. The molecule has 4 nitrogen and oxygen atoms in total. The lowest BCUT2D eigenvalue weighted by Crippen LogP contribution is -2.33. The highest BCUT2D eigenvalue weighted by molar-refractivity contribution is 5.84. The van der Waals surface area contributed by atoms with Crippen molar-refractivity contribution in [2.75, 3.05) is 7.05 Å². The van der Waals surface area contributed by atoms with Crippen molar-refractivity contribution in [2.24, 2.45) is 7.05 Å². The van der Waals surface area contributed by atoms with Crippen LogP contribution in [-0.4, -0.2) is 27.6 Å². The molecule has 1 amide bonds. The second kappa shape index (κ2) is 5.72. The van der Waals surface area contributed by atoms with Gasteiger partial charge in [0.15, 0.2) is 0 Å². The number of aromatic nitrogens is 2. The van der Waals surface area contributed by atoms with Gasteiger partial charge in [-0.2, -0.15) is 5.10 Å². The molecular formula is C17H21N3O. The zero-order valence-electron chi connectivity index (χ0n) is 12.6. The Morgan fingerprint density at radius 1 is 1.43 bits per heavy atom. The lowest BCUT2D eigenvalue weighted by atomic mass is 9.82. The van der Waals surface area contributed by atoms with Crippen molar-refractivity contribution >= 4 is 5.91 Å². The normalized spacial score (nSPS) is 17.3. The first-order valence-corrected chi connectivity index (χ1v) is 7.45. The van der Waals surface area contributed by atoms with E-state index in [-0.39, 0.29) is 11.8 Å². The van der Waals surface area contributed by atoms with Gasteiger partial charge in [-0.1, -0.05) is 24.3 Å². The molecule has 1 aliphatic carbocycles. The number of benzene rings is 1. The number of rotatable bonds is 3. The molecule has 0 aliphatic heterocycles. The van der Waals surface area contributed by atoms with E-state index in [1.54, 1.807) is 4.68 Å². The third-order valence-corrected chi connectivity index (χ3v) is 4.22. The van der Waals surface area contributed by atoms with E-state index in [1.165, 1.54) is 11.1 Å². The number of carbonyl (C=O) groups excluding carboxylic acids is 1. The average Bonchev–Trinajstić information content (AvgIpc) is 2.91. The minimum atomic E-state index is 0.0108. The predicted molar refractivity (Wildman–Crippen MR) is 81.8 cm³/mol. The molecule has 1 heterocycles. The van der Waals surface area contributed by atoms with Gasteiger partial charge >= 0.3 is 0 Å². The fourth-order valence-corrected chi connectivity index (χ4v) is 3.18. The highest BCUT2D eigenvalue weighted by Gasteiger charge is 2.28. The van der Waals surface area contributed by atoms with E-state index < -0.39 is 0 Å². The van der Waals surface area contributed by atoms with Gasteiger partial charge in [0, 0.05) is 32.4 Å². The van der Waals surface area contributed by atoms with Crippen LogP contribution in [0.3, 0.4) is 0 Å². The molecule has 0 radical (unpaired) electrons. The molecule has 0 saturated carbocycles. The topological polar surface area (TPSA) is 38.1 Å². The molecule has 110 valence electrons. The molecule has 1 aliphatic rings. The van der Waals surface area contributed by atoms with Gasteiger partial charge in [0.25, 0.3) is 0 Å². The minimum Gasteiger partial charge on any atom is -0.341 e. The second-order valence-electron chi connectivity index (χ2n) is 5.86. The van der Waals surface area contributed by atoms with Gasteiger partial charge in [0.05, 0.1) is 12.1 Å². The number of hydrogen-bond acceptors (Lipinski definition) is 2. The minimum absolute atomic E-state index is 0.0108. The molecule has 0 bridgehead atoms. The number of carbonyl (C=O) groups is 1. The van der Waals surface area contributed by atoms with Gasteiger partial charge in [-0.05, 0) is 30.4 Å². The fraction of sp³-hybridized carbons (Fsp3) is 0.412. The molecule has 1 atom stereocenters. The zero-order chi connectivity index (χ0) is 14.8. The summed E-state index contributed by atoms with van der Waals surface area (Å²) in [6.45, 7) is 0.616. The molecule has 0 spiro atoms. The zero-order valence-corrected chi connectivity index (χ0v) is 12.6. The van der Waals surface area contributed by atoms with Crippen molar-refractivity contribution in [1.82, 2.24) is 14.7 Å². The van der Waals surface area contributed by atoms with Crippen LogP contribution in [0.25, 0.3) is 0 Å². The van der Waals surface area contributed by atoms with Crippen LogP contribution >= 0.6 is 0 Å². The first-order valence-electron chi connectivity index (χ1n) is 7.45. The maximum absolute atomic E-state index is 12.8. The van der Waals surface area contributed by atoms with E-state index in [2.05, 4.69) is 23.3 Å². The molecule has 2 aromatic rings. The summed E-state index contributed by atoms with van der Waals surface area (Å²) in [7, 11) is 3.77.